The molecule has 0 fully saturated rings. The van der Waals surface area contributed by atoms with Gasteiger partial charge in [0.05, 0.1) is 24.5 Å². The summed E-state index contributed by atoms with van der Waals surface area (Å²) >= 11 is -0.241. The Morgan fingerprint density at radius 1 is 1.23 bits per heavy atom. The van der Waals surface area contributed by atoms with Crippen molar-refractivity contribution in [3.63, 3.8) is 0 Å². The van der Waals surface area contributed by atoms with Gasteiger partial charge < -0.3 is 10.4 Å². The molecular weight excluding hydrogens is 431 g/mol. The molecule has 2 aromatic heterocycles. The van der Waals surface area contributed by atoms with Crippen molar-refractivity contribution >= 4 is 17.6 Å². The number of halogens is 3. The Bertz CT molecular complexity index is 1200. The summed E-state index contributed by atoms with van der Waals surface area (Å²) in [7, 11) is 0. The molecule has 11 heteroatoms. The van der Waals surface area contributed by atoms with Crippen LogP contribution in [-0.4, -0.2) is 43.7 Å². The molecule has 0 aliphatic carbocycles. The standard InChI is InChI=1S/C20H18F3N5O2S/c1-12-18(29)28(14-2-4-15(5-3-14)31-20(21,22)23)19(30)27(12)11-13-6-7-24-10-16(13)17-25-8-9-26-17/h2-7,10,29H,8-9,11H2,1H3,(H,25,26). The number of aliphatic imine (C=N–C) groups is 1. The number of nitrogens with one attached hydrogen (secondary N) is 1. The van der Waals surface area contributed by atoms with Crippen molar-refractivity contribution in [2.24, 2.45) is 4.99 Å². The zero-order chi connectivity index (χ0) is 22.2. The molecule has 4 rings (SSSR count). The van der Waals surface area contributed by atoms with Crippen LogP contribution >= 0.6 is 11.8 Å². The number of hydrogen-bond acceptors (Lipinski definition) is 6. The number of imidazole rings is 1. The minimum Gasteiger partial charge on any atom is -0.493 e. The molecule has 3 heterocycles. The lowest BCUT2D eigenvalue weighted by Crippen LogP contribution is -2.26. The van der Waals surface area contributed by atoms with E-state index >= 15 is 0 Å². The lowest BCUT2D eigenvalue weighted by Gasteiger charge is -2.10. The number of benzene rings is 1. The van der Waals surface area contributed by atoms with Gasteiger partial charge in [-0.05, 0) is 54.6 Å². The van der Waals surface area contributed by atoms with Crippen molar-refractivity contribution in [1.29, 1.82) is 0 Å². The Morgan fingerprint density at radius 3 is 2.61 bits per heavy atom. The molecule has 0 radical (unpaired) electrons. The summed E-state index contributed by atoms with van der Waals surface area (Å²) in [5.74, 6) is 0.434. The molecular formula is C20H18F3N5O2S. The van der Waals surface area contributed by atoms with Gasteiger partial charge in [-0.3, -0.25) is 14.5 Å². The van der Waals surface area contributed by atoms with Crippen molar-refractivity contribution < 1.29 is 18.3 Å². The van der Waals surface area contributed by atoms with Crippen molar-refractivity contribution in [3.05, 3.63) is 70.0 Å². The average molecular weight is 449 g/mol. The number of aromatic hydroxyl groups is 1. The van der Waals surface area contributed by atoms with Gasteiger partial charge >= 0.3 is 11.2 Å². The van der Waals surface area contributed by atoms with Gasteiger partial charge in [0.15, 0.2) is 0 Å². The first-order chi connectivity index (χ1) is 14.7. The van der Waals surface area contributed by atoms with Gasteiger partial charge in [0, 0.05) is 29.4 Å². The number of amidine groups is 1. The van der Waals surface area contributed by atoms with E-state index in [0.29, 0.717) is 18.1 Å². The Hall–Kier alpha value is -3.21. The van der Waals surface area contributed by atoms with Crippen LogP contribution in [0.2, 0.25) is 0 Å². The first kappa shape index (κ1) is 21.0. The van der Waals surface area contributed by atoms with Crippen LogP contribution in [0.25, 0.3) is 5.69 Å². The topological polar surface area (TPSA) is 84.4 Å². The summed E-state index contributed by atoms with van der Waals surface area (Å²) in [4.78, 5) is 21.6. The monoisotopic (exact) mass is 449 g/mol. The third kappa shape index (κ3) is 4.31. The van der Waals surface area contributed by atoms with Crippen LogP contribution in [0.3, 0.4) is 0 Å². The maximum Gasteiger partial charge on any atom is 0.446 e. The van der Waals surface area contributed by atoms with E-state index in [-0.39, 0.29) is 34.8 Å². The molecule has 2 N–H and O–H groups in total. The maximum absolute atomic E-state index is 13.1. The van der Waals surface area contributed by atoms with Crippen LogP contribution in [-0.2, 0) is 6.54 Å². The third-order valence-corrected chi connectivity index (χ3v) is 5.60. The van der Waals surface area contributed by atoms with Crippen molar-refractivity contribution in [3.8, 4) is 11.6 Å². The fraction of sp³-hybridized carbons (Fsp3) is 0.250. The number of rotatable bonds is 5. The lowest BCUT2D eigenvalue weighted by molar-refractivity contribution is -0.0328. The van der Waals surface area contributed by atoms with Gasteiger partial charge in [0.2, 0.25) is 5.88 Å². The maximum atomic E-state index is 13.1. The van der Waals surface area contributed by atoms with Crippen molar-refractivity contribution in [2.45, 2.75) is 23.9 Å². The minimum atomic E-state index is -4.40. The summed E-state index contributed by atoms with van der Waals surface area (Å²) in [6, 6.07) is 7.04. The molecule has 3 aromatic rings. The smallest absolute Gasteiger partial charge is 0.446 e. The quantitative estimate of drug-likeness (QED) is 0.585. The second-order valence-electron chi connectivity index (χ2n) is 6.84. The molecule has 0 amide bonds. The summed E-state index contributed by atoms with van der Waals surface area (Å²) in [6.07, 6.45) is 3.28. The lowest BCUT2D eigenvalue weighted by atomic mass is 10.1. The van der Waals surface area contributed by atoms with E-state index in [1.165, 1.54) is 28.8 Å². The number of pyridine rings is 1. The number of hydrogen-bond donors (Lipinski definition) is 2. The van der Waals surface area contributed by atoms with Gasteiger partial charge in [-0.15, -0.1) is 0 Å². The van der Waals surface area contributed by atoms with Gasteiger partial charge in [0.25, 0.3) is 0 Å². The Labute approximate surface area is 179 Å². The zero-order valence-electron chi connectivity index (χ0n) is 16.3. The Kier molecular flexibility index (Phi) is 5.52. The van der Waals surface area contributed by atoms with Crippen LogP contribution in [0, 0.1) is 6.92 Å². The van der Waals surface area contributed by atoms with E-state index in [9.17, 15) is 23.1 Å². The number of aromatic nitrogens is 3. The largest absolute Gasteiger partial charge is 0.493 e. The predicted molar refractivity (Wildman–Crippen MR) is 111 cm³/mol. The van der Waals surface area contributed by atoms with E-state index < -0.39 is 11.2 Å². The van der Waals surface area contributed by atoms with Crippen LogP contribution in [0.1, 0.15) is 16.8 Å². The van der Waals surface area contributed by atoms with E-state index in [1.807, 2.05) is 0 Å². The van der Waals surface area contributed by atoms with Gasteiger partial charge in [-0.2, -0.15) is 13.2 Å². The van der Waals surface area contributed by atoms with E-state index in [1.54, 1.807) is 25.4 Å². The predicted octanol–water partition coefficient (Wildman–Crippen LogP) is 3.06. The highest BCUT2D eigenvalue weighted by Crippen LogP contribution is 2.37. The highest BCUT2D eigenvalue weighted by atomic mass is 32.2. The molecule has 0 spiro atoms. The first-order valence-corrected chi connectivity index (χ1v) is 10.1. The van der Waals surface area contributed by atoms with Crippen LogP contribution < -0.4 is 11.0 Å². The molecule has 1 aliphatic rings. The molecule has 1 aliphatic heterocycles. The number of thioether (sulfide) groups is 1. The summed E-state index contributed by atoms with van der Waals surface area (Å²) in [5.41, 5.74) is -2.73. The Balaban J connectivity index is 1.69. The SMILES string of the molecule is Cc1c(O)n(-c2ccc(SC(F)(F)F)cc2)c(=O)n1Cc1ccncc1C1=NCCN1. The Morgan fingerprint density at radius 2 is 1.97 bits per heavy atom. The van der Waals surface area contributed by atoms with Gasteiger partial charge in [-0.1, -0.05) is 0 Å². The summed E-state index contributed by atoms with van der Waals surface area (Å²) < 4.78 is 40.1. The molecule has 0 atom stereocenters. The van der Waals surface area contributed by atoms with Gasteiger partial charge in [-0.25, -0.2) is 9.36 Å². The van der Waals surface area contributed by atoms with E-state index in [0.717, 1.165) is 22.2 Å². The second kappa shape index (κ2) is 8.14. The molecule has 31 heavy (non-hydrogen) atoms. The highest BCUT2D eigenvalue weighted by Gasteiger charge is 2.29. The number of alkyl halides is 3. The molecule has 162 valence electrons. The first-order valence-electron chi connectivity index (χ1n) is 9.33. The van der Waals surface area contributed by atoms with Crippen LogP contribution in [0.5, 0.6) is 5.88 Å². The van der Waals surface area contributed by atoms with Gasteiger partial charge in [0.1, 0.15) is 5.84 Å². The van der Waals surface area contributed by atoms with Crippen molar-refractivity contribution in [2.75, 3.05) is 13.1 Å². The summed E-state index contributed by atoms with van der Waals surface area (Å²) in [5, 5.41) is 13.8. The molecule has 0 bridgehead atoms. The number of nitrogens with zero attached hydrogens (tertiary/aromatic N) is 4. The summed E-state index contributed by atoms with van der Waals surface area (Å²) in [6.45, 7) is 3.16. The molecule has 0 saturated heterocycles. The third-order valence-electron chi connectivity index (χ3n) is 4.86. The normalized spacial score (nSPS) is 13.9. The molecule has 7 nitrogen and oxygen atoms in total. The zero-order valence-corrected chi connectivity index (χ0v) is 17.2. The molecule has 0 unspecified atom stereocenters. The second-order valence-corrected chi connectivity index (χ2v) is 7.98. The fourth-order valence-electron chi connectivity index (χ4n) is 3.38. The molecule has 0 saturated carbocycles. The minimum absolute atomic E-state index is 0.00814. The van der Waals surface area contributed by atoms with Crippen LogP contribution in [0.15, 0.2) is 57.4 Å². The fourth-order valence-corrected chi connectivity index (χ4v) is 3.92. The van der Waals surface area contributed by atoms with Crippen LogP contribution in [0.4, 0.5) is 13.2 Å². The van der Waals surface area contributed by atoms with Crippen molar-refractivity contribution in [1.82, 2.24) is 19.4 Å². The highest BCUT2D eigenvalue weighted by molar-refractivity contribution is 8.00. The van der Waals surface area contributed by atoms with E-state index in [2.05, 4.69) is 15.3 Å². The van der Waals surface area contributed by atoms with E-state index in [4.69, 9.17) is 0 Å². The average Bonchev–Trinajstić information content (AvgIpc) is 3.32. The molecule has 1 aromatic carbocycles.